The molecule has 2 aromatic rings. The monoisotopic (exact) mass is 654 g/mol. The number of nitrogens with one attached hydrogen (secondary N) is 1. The van der Waals surface area contributed by atoms with Gasteiger partial charge in [0.15, 0.2) is 15.0 Å². The fraction of sp³-hybridized carbons (Fsp3) is 0.588. The van der Waals surface area contributed by atoms with Crippen LogP contribution in [0.15, 0.2) is 54.5 Å². The molecule has 1 atom stereocenters. The number of carbonyl (C=O) groups excluding carboxylic acids is 1. The SMILES string of the molecule is CCCCCCCCCCCCCCCC(=O)N[C@@H](/C=C/P(O)O)Cc1ccc(OCc2cc(OCC(F)(F)F)ccn2)cc1. The number of hydrogen-bond acceptors (Lipinski definition) is 6. The summed E-state index contributed by atoms with van der Waals surface area (Å²) in [6.45, 7) is 0.902. The van der Waals surface area contributed by atoms with Crippen LogP contribution in [0, 0.1) is 0 Å². The van der Waals surface area contributed by atoms with Gasteiger partial charge in [0.2, 0.25) is 5.91 Å². The first-order valence-corrected chi connectivity index (χ1v) is 17.5. The summed E-state index contributed by atoms with van der Waals surface area (Å²) in [5, 5.41) is 2.99. The maximum Gasteiger partial charge on any atom is 0.422 e. The number of ether oxygens (including phenoxy) is 2. The molecule has 1 amide bonds. The van der Waals surface area contributed by atoms with Crippen molar-refractivity contribution in [2.24, 2.45) is 0 Å². The molecular formula is C34H50F3N2O5P. The lowest BCUT2D eigenvalue weighted by atomic mass is 10.0. The summed E-state index contributed by atoms with van der Waals surface area (Å²) in [4.78, 5) is 35.4. The van der Waals surface area contributed by atoms with E-state index in [0.29, 0.717) is 24.3 Å². The first-order valence-electron chi connectivity index (χ1n) is 16.2. The smallest absolute Gasteiger partial charge is 0.422 e. The fourth-order valence-electron chi connectivity index (χ4n) is 4.85. The van der Waals surface area contributed by atoms with Crippen LogP contribution in [0.5, 0.6) is 11.5 Å². The fourth-order valence-corrected chi connectivity index (χ4v) is 5.21. The normalized spacial score (nSPS) is 12.5. The Kier molecular flexibility index (Phi) is 19.5. The Morgan fingerprint density at radius 3 is 2.07 bits per heavy atom. The van der Waals surface area contributed by atoms with Crippen LogP contribution in [-0.4, -0.2) is 39.5 Å². The Bertz CT molecular complexity index is 1100. The van der Waals surface area contributed by atoms with Gasteiger partial charge in [-0.25, -0.2) is 0 Å². The maximum absolute atomic E-state index is 12.6. The Balaban J connectivity index is 1.70. The van der Waals surface area contributed by atoms with E-state index < -0.39 is 27.2 Å². The molecule has 1 heterocycles. The largest absolute Gasteiger partial charge is 0.487 e. The molecule has 0 saturated heterocycles. The lowest BCUT2D eigenvalue weighted by molar-refractivity contribution is -0.153. The summed E-state index contributed by atoms with van der Waals surface area (Å²) in [6.07, 6.45) is 15.5. The number of nitrogens with zero attached hydrogens (tertiary/aromatic N) is 1. The zero-order chi connectivity index (χ0) is 32.8. The van der Waals surface area contributed by atoms with Crippen molar-refractivity contribution < 1.29 is 37.2 Å². The zero-order valence-electron chi connectivity index (χ0n) is 26.4. The van der Waals surface area contributed by atoms with E-state index in [1.54, 1.807) is 18.2 Å². The van der Waals surface area contributed by atoms with Crippen LogP contribution in [0.3, 0.4) is 0 Å². The number of benzene rings is 1. The number of alkyl halides is 3. The van der Waals surface area contributed by atoms with Gasteiger partial charge >= 0.3 is 6.18 Å². The third-order valence-corrected chi connectivity index (χ3v) is 7.70. The average Bonchev–Trinajstić information content (AvgIpc) is 3.00. The number of hydrogen-bond donors (Lipinski definition) is 3. The van der Waals surface area contributed by atoms with Gasteiger partial charge in [-0.05, 0) is 42.4 Å². The number of rotatable bonds is 24. The van der Waals surface area contributed by atoms with Gasteiger partial charge in [0.1, 0.15) is 18.1 Å². The molecule has 11 heteroatoms. The van der Waals surface area contributed by atoms with Crippen molar-refractivity contribution in [2.75, 3.05) is 6.61 Å². The second kappa shape index (κ2) is 22.8. The highest BCUT2D eigenvalue weighted by atomic mass is 31.2. The molecule has 1 aromatic carbocycles. The van der Waals surface area contributed by atoms with E-state index in [4.69, 9.17) is 9.47 Å². The van der Waals surface area contributed by atoms with Crippen LogP contribution >= 0.6 is 8.38 Å². The van der Waals surface area contributed by atoms with Crippen molar-refractivity contribution in [3.05, 3.63) is 65.7 Å². The van der Waals surface area contributed by atoms with Crippen molar-refractivity contribution in [2.45, 2.75) is 122 Å². The van der Waals surface area contributed by atoms with Crippen molar-refractivity contribution in [3.63, 3.8) is 0 Å². The summed E-state index contributed by atoms with van der Waals surface area (Å²) in [5.41, 5.74) is 1.32. The molecule has 0 bridgehead atoms. The van der Waals surface area contributed by atoms with Gasteiger partial charge < -0.3 is 24.6 Å². The number of carbonyl (C=O) groups is 1. The minimum Gasteiger partial charge on any atom is -0.487 e. The molecule has 0 spiro atoms. The predicted molar refractivity (Wildman–Crippen MR) is 173 cm³/mol. The molecule has 0 unspecified atom stereocenters. The number of pyridine rings is 1. The van der Waals surface area contributed by atoms with Crippen LogP contribution < -0.4 is 14.8 Å². The molecule has 1 aromatic heterocycles. The molecule has 0 aliphatic carbocycles. The molecule has 0 fully saturated rings. The van der Waals surface area contributed by atoms with E-state index in [2.05, 4.69) is 17.2 Å². The van der Waals surface area contributed by atoms with Crippen LogP contribution in [0.25, 0.3) is 0 Å². The quantitative estimate of drug-likeness (QED) is 0.0772. The maximum atomic E-state index is 12.6. The van der Waals surface area contributed by atoms with E-state index in [1.165, 1.54) is 88.4 Å². The zero-order valence-corrected chi connectivity index (χ0v) is 27.3. The standard InChI is InChI=1S/C34H50F3N2O5P/c1-2-3-4-5-6-7-8-9-10-11-12-13-14-15-33(40)39-29(21-23-45(41)42)24-28-16-18-31(19-17-28)43-26-30-25-32(20-22-38-30)44-27-34(35,36)37/h16-23,25,29,41-42H,2-15,24,26-27H2,1H3,(H,39,40)/b23-21+/t29-/m0/s1. The first-order chi connectivity index (χ1) is 21.6. The van der Waals surface area contributed by atoms with Gasteiger partial charge in [-0.3, -0.25) is 9.78 Å². The Hall–Kier alpha value is -2.68. The van der Waals surface area contributed by atoms with Crippen LogP contribution in [0.2, 0.25) is 0 Å². The Labute approximate surface area is 267 Å². The second-order valence-corrected chi connectivity index (χ2v) is 12.3. The summed E-state index contributed by atoms with van der Waals surface area (Å²) in [6, 6.07) is 9.52. The molecule has 252 valence electrons. The lowest BCUT2D eigenvalue weighted by Crippen LogP contribution is -2.34. The van der Waals surface area contributed by atoms with E-state index in [0.717, 1.165) is 24.8 Å². The molecule has 3 N–H and O–H groups in total. The van der Waals surface area contributed by atoms with Crippen molar-refractivity contribution in [3.8, 4) is 11.5 Å². The number of halogens is 3. The van der Waals surface area contributed by atoms with E-state index in [1.807, 2.05) is 12.1 Å². The predicted octanol–water partition coefficient (Wildman–Crippen LogP) is 8.92. The average molecular weight is 655 g/mol. The molecule has 7 nitrogen and oxygen atoms in total. The molecule has 2 rings (SSSR count). The van der Waals surface area contributed by atoms with Gasteiger partial charge in [-0.15, -0.1) is 0 Å². The second-order valence-electron chi connectivity index (χ2n) is 11.4. The highest BCUT2D eigenvalue weighted by molar-refractivity contribution is 7.48. The van der Waals surface area contributed by atoms with Crippen molar-refractivity contribution in [1.29, 1.82) is 0 Å². The van der Waals surface area contributed by atoms with Gasteiger partial charge in [-0.2, -0.15) is 13.2 Å². The van der Waals surface area contributed by atoms with Crippen LogP contribution in [0.4, 0.5) is 13.2 Å². The Morgan fingerprint density at radius 2 is 1.49 bits per heavy atom. The van der Waals surface area contributed by atoms with Crippen LogP contribution in [0.1, 0.15) is 108 Å². The lowest BCUT2D eigenvalue weighted by Gasteiger charge is -2.16. The molecular weight excluding hydrogens is 604 g/mol. The van der Waals surface area contributed by atoms with Gasteiger partial charge in [0, 0.05) is 18.7 Å². The molecule has 0 aliphatic heterocycles. The molecule has 0 radical (unpaired) electrons. The van der Waals surface area contributed by atoms with E-state index in [9.17, 15) is 27.8 Å². The third kappa shape index (κ3) is 20.1. The minimum absolute atomic E-state index is 0.0414. The minimum atomic E-state index is -4.43. The Morgan fingerprint density at radius 1 is 0.889 bits per heavy atom. The van der Waals surface area contributed by atoms with Gasteiger partial charge in [0.25, 0.3) is 0 Å². The molecule has 45 heavy (non-hydrogen) atoms. The molecule has 0 aliphatic rings. The van der Waals surface area contributed by atoms with E-state index in [-0.39, 0.29) is 18.3 Å². The third-order valence-electron chi connectivity index (χ3n) is 7.26. The highest BCUT2D eigenvalue weighted by Crippen LogP contribution is 2.25. The number of unbranched alkanes of at least 4 members (excludes halogenated alkanes) is 12. The number of aromatic nitrogens is 1. The van der Waals surface area contributed by atoms with Gasteiger partial charge in [-0.1, -0.05) is 102 Å². The topological polar surface area (TPSA) is 101 Å². The highest BCUT2D eigenvalue weighted by Gasteiger charge is 2.28. The van der Waals surface area contributed by atoms with Gasteiger partial charge in [0.05, 0.1) is 11.7 Å². The summed E-state index contributed by atoms with van der Waals surface area (Å²) in [5.74, 6) is 1.82. The van der Waals surface area contributed by atoms with Crippen molar-refractivity contribution >= 4 is 14.3 Å². The number of amides is 1. The van der Waals surface area contributed by atoms with Crippen molar-refractivity contribution in [1.82, 2.24) is 10.3 Å². The molecule has 0 saturated carbocycles. The summed E-state index contributed by atoms with van der Waals surface area (Å²) < 4.78 is 47.7. The van der Waals surface area contributed by atoms with E-state index >= 15 is 0 Å². The summed E-state index contributed by atoms with van der Waals surface area (Å²) in [7, 11) is -2.23. The van der Waals surface area contributed by atoms with Crippen LogP contribution in [-0.2, 0) is 17.8 Å². The summed E-state index contributed by atoms with van der Waals surface area (Å²) >= 11 is 0. The first kappa shape index (κ1) is 38.5.